The molecule has 0 fully saturated rings. The number of rotatable bonds is 6. The van der Waals surface area contributed by atoms with E-state index in [1.54, 1.807) is 35.7 Å². The molecule has 0 aliphatic heterocycles. The van der Waals surface area contributed by atoms with Crippen LogP contribution in [0.3, 0.4) is 0 Å². The van der Waals surface area contributed by atoms with Crippen LogP contribution in [0.4, 0.5) is 5.13 Å². The first-order chi connectivity index (χ1) is 12.7. The highest BCUT2D eigenvalue weighted by molar-refractivity contribution is 7.24. The van der Waals surface area contributed by atoms with Gasteiger partial charge in [0, 0.05) is 10.9 Å². The number of amides is 1. The van der Waals surface area contributed by atoms with Gasteiger partial charge in [-0.3, -0.25) is 10.1 Å². The topological polar surface area (TPSA) is 77.2 Å². The summed E-state index contributed by atoms with van der Waals surface area (Å²) in [6, 6.07) is 9.70. The smallest absolute Gasteiger partial charge is 0.264 e. The van der Waals surface area contributed by atoms with Crippen molar-refractivity contribution < 1.29 is 14.1 Å². The van der Waals surface area contributed by atoms with E-state index in [0.29, 0.717) is 10.9 Å². The van der Waals surface area contributed by atoms with Gasteiger partial charge in [0.25, 0.3) is 11.8 Å². The van der Waals surface area contributed by atoms with Crippen molar-refractivity contribution in [2.24, 2.45) is 0 Å². The lowest BCUT2D eigenvalue weighted by molar-refractivity contribution is -0.118. The second-order valence-corrected chi connectivity index (χ2v) is 8.16. The molecule has 6 nitrogen and oxygen atoms in total. The molecule has 132 valence electrons. The lowest BCUT2D eigenvalue weighted by atomic mass is 10.3. The largest absolute Gasteiger partial charge is 0.465 e. The molecule has 0 atom stereocenters. The van der Waals surface area contributed by atoms with Gasteiger partial charge < -0.3 is 9.26 Å². The van der Waals surface area contributed by atoms with Gasteiger partial charge in [-0.2, -0.15) is 0 Å². The minimum atomic E-state index is -0.296. The van der Waals surface area contributed by atoms with Crippen LogP contribution in [0.1, 0.15) is 5.76 Å². The predicted molar refractivity (Wildman–Crippen MR) is 104 cm³/mol. The number of hydrogen-bond acceptors (Lipinski definition) is 8. The van der Waals surface area contributed by atoms with Gasteiger partial charge in [-0.25, -0.2) is 4.98 Å². The SMILES string of the molecule is Cc1cc(OCC(=O)Nc2nc(-c3cccs3)c(-c3cccs3)s2)no1. The van der Waals surface area contributed by atoms with E-state index in [9.17, 15) is 4.79 Å². The van der Waals surface area contributed by atoms with Crippen LogP contribution in [0.5, 0.6) is 5.88 Å². The van der Waals surface area contributed by atoms with Crippen LogP contribution in [0.15, 0.2) is 45.6 Å². The zero-order chi connectivity index (χ0) is 17.9. The van der Waals surface area contributed by atoms with Crippen LogP contribution in [-0.4, -0.2) is 22.7 Å². The zero-order valence-electron chi connectivity index (χ0n) is 13.6. The van der Waals surface area contributed by atoms with E-state index in [1.165, 1.54) is 11.3 Å². The van der Waals surface area contributed by atoms with Crippen LogP contribution < -0.4 is 10.1 Å². The molecular weight excluding hydrogens is 390 g/mol. The Morgan fingerprint density at radius 2 is 2.00 bits per heavy atom. The monoisotopic (exact) mass is 403 g/mol. The summed E-state index contributed by atoms with van der Waals surface area (Å²) in [6.07, 6.45) is 0. The highest BCUT2D eigenvalue weighted by Gasteiger charge is 2.18. The molecule has 0 saturated heterocycles. The summed E-state index contributed by atoms with van der Waals surface area (Å²) in [7, 11) is 0. The Kier molecular flexibility index (Phi) is 4.83. The number of hydrogen-bond donors (Lipinski definition) is 1. The van der Waals surface area contributed by atoms with Crippen molar-refractivity contribution in [2.45, 2.75) is 6.92 Å². The van der Waals surface area contributed by atoms with E-state index >= 15 is 0 Å². The van der Waals surface area contributed by atoms with Gasteiger partial charge in [0.05, 0.1) is 9.75 Å². The summed E-state index contributed by atoms with van der Waals surface area (Å²) in [5.41, 5.74) is 0.885. The summed E-state index contributed by atoms with van der Waals surface area (Å²) in [5, 5.41) is 11.1. The van der Waals surface area contributed by atoms with Crippen LogP contribution in [-0.2, 0) is 4.79 Å². The number of aryl methyl sites for hydroxylation is 1. The number of nitrogens with one attached hydrogen (secondary N) is 1. The Morgan fingerprint density at radius 1 is 1.23 bits per heavy atom. The molecular formula is C17H13N3O3S3. The van der Waals surface area contributed by atoms with Crippen LogP contribution in [0.2, 0.25) is 0 Å². The third kappa shape index (κ3) is 3.69. The lowest BCUT2D eigenvalue weighted by Gasteiger charge is -2.01. The van der Waals surface area contributed by atoms with Crippen LogP contribution in [0.25, 0.3) is 20.3 Å². The molecule has 1 amide bonds. The minimum Gasteiger partial charge on any atom is -0.465 e. The van der Waals surface area contributed by atoms with E-state index in [1.807, 2.05) is 29.0 Å². The number of thiazole rings is 1. The summed E-state index contributed by atoms with van der Waals surface area (Å²) in [5.74, 6) is 0.617. The van der Waals surface area contributed by atoms with Crippen molar-refractivity contribution in [1.82, 2.24) is 10.1 Å². The minimum absolute atomic E-state index is 0.159. The summed E-state index contributed by atoms with van der Waals surface area (Å²) in [6.45, 7) is 1.60. The van der Waals surface area contributed by atoms with Gasteiger partial charge in [0.2, 0.25) is 0 Å². The average molecular weight is 404 g/mol. The van der Waals surface area contributed by atoms with Crippen molar-refractivity contribution in [1.29, 1.82) is 0 Å². The maximum Gasteiger partial charge on any atom is 0.264 e. The first-order valence-electron chi connectivity index (χ1n) is 7.63. The van der Waals surface area contributed by atoms with E-state index < -0.39 is 0 Å². The van der Waals surface area contributed by atoms with E-state index in [2.05, 4.69) is 21.5 Å². The standard InChI is InChI=1S/C17H13N3O3S3/c1-10-8-14(20-23-10)22-9-13(21)18-17-19-15(11-4-2-6-24-11)16(26-17)12-5-3-7-25-12/h2-8H,9H2,1H3,(H,18,19,21). The molecule has 4 aromatic heterocycles. The third-order valence-corrected chi connectivity index (χ3v) is 6.23. The number of nitrogens with zero attached hydrogens (tertiary/aromatic N) is 2. The van der Waals surface area contributed by atoms with Crippen molar-refractivity contribution in [2.75, 3.05) is 11.9 Å². The van der Waals surface area contributed by atoms with Gasteiger partial charge in [-0.15, -0.1) is 22.7 Å². The van der Waals surface area contributed by atoms with Gasteiger partial charge in [-0.1, -0.05) is 23.5 Å². The van der Waals surface area contributed by atoms with Crippen LogP contribution >= 0.6 is 34.0 Å². The number of aromatic nitrogens is 2. The summed E-state index contributed by atoms with van der Waals surface area (Å²) >= 11 is 4.72. The maximum atomic E-state index is 12.2. The summed E-state index contributed by atoms with van der Waals surface area (Å²) < 4.78 is 10.2. The molecule has 0 unspecified atom stereocenters. The highest BCUT2D eigenvalue weighted by Crippen LogP contribution is 2.42. The Balaban J connectivity index is 1.51. The third-order valence-electron chi connectivity index (χ3n) is 3.33. The molecule has 0 aliphatic carbocycles. The molecule has 26 heavy (non-hydrogen) atoms. The zero-order valence-corrected chi connectivity index (χ0v) is 16.0. The van der Waals surface area contributed by atoms with Crippen molar-refractivity contribution in [3.05, 3.63) is 46.9 Å². The Hall–Kier alpha value is -2.49. The molecule has 4 heterocycles. The van der Waals surface area contributed by atoms with Crippen molar-refractivity contribution in [3.63, 3.8) is 0 Å². The van der Waals surface area contributed by atoms with E-state index in [-0.39, 0.29) is 18.4 Å². The fourth-order valence-corrected chi connectivity index (χ4v) is 4.87. The lowest BCUT2D eigenvalue weighted by Crippen LogP contribution is -2.20. The molecule has 4 aromatic rings. The maximum absolute atomic E-state index is 12.2. The second-order valence-electron chi connectivity index (χ2n) is 5.26. The predicted octanol–water partition coefficient (Wildman–Crippen LogP) is 4.91. The fourth-order valence-electron chi connectivity index (χ4n) is 2.24. The van der Waals surface area contributed by atoms with Gasteiger partial charge in [0.1, 0.15) is 11.5 Å². The average Bonchev–Trinajstić information content (AvgIpc) is 3.39. The highest BCUT2D eigenvalue weighted by atomic mass is 32.1. The normalized spacial score (nSPS) is 10.8. The van der Waals surface area contributed by atoms with E-state index in [4.69, 9.17) is 9.26 Å². The number of ether oxygens (including phenoxy) is 1. The first kappa shape index (κ1) is 17.0. The molecule has 0 radical (unpaired) electrons. The number of thiophene rings is 2. The molecule has 0 aromatic carbocycles. The second kappa shape index (κ2) is 7.40. The van der Waals surface area contributed by atoms with E-state index in [0.717, 1.165) is 20.3 Å². The molecule has 0 aliphatic rings. The fraction of sp³-hybridized carbons (Fsp3) is 0.118. The molecule has 0 bridgehead atoms. The Bertz CT molecular complexity index is 952. The van der Waals surface area contributed by atoms with Crippen molar-refractivity contribution in [3.8, 4) is 26.2 Å². The number of carbonyl (C=O) groups excluding carboxylic acids is 1. The molecule has 0 saturated carbocycles. The summed E-state index contributed by atoms with van der Waals surface area (Å²) in [4.78, 5) is 20.0. The quantitative estimate of drug-likeness (QED) is 0.495. The molecule has 0 spiro atoms. The van der Waals surface area contributed by atoms with Gasteiger partial charge in [0.15, 0.2) is 11.7 Å². The molecule has 9 heteroatoms. The number of anilines is 1. The van der Waals surface area contributed by atoms with Crippen molar-refractivity contribution >= 4 is 45.0 Å². The number of carbonyl (C=O) groups is 1. The molecule has 1 N–H and O–H groups in total. The Labute approximate surface area is 161 Å². The first-order valence-corrected chi connectivity index (χ1v) is 10.2. The van der Waals surface area contributed by atoms with Gasteiger partial charge >= 0.3 is 0 Å². The van der Waals surface area contributed by atoms with Crippen LogP contribution in [0, 0.1) is 6.92 Å². The Morgan fingerprint density at radius 3 is 2.65 bits per heavy atom. The molecule has 4 rings (SSSR count). The van der Waals surface area contributed by atoms with Gasteiger partial charge in [-0.05, 0) is 35.0 Å².